The minimum Gasteiger partial charge on any atom is -0.481 e. The summed E-state index contributed by atoms with van der Waals surface area (Å²) in [5.74, 6) is -1.23. The van der Waals surface area contributed by atoms with Gasteiger partial charge in [-0.2, -0.15) is 0 Å². The van der Waals surface area contributed by atoms with E-state index < -0.39 is 29.5 Å². The number of aryl methyl sites for hydroxylation is 1. The van der Waals surface area contributed by atoms with Crippen molar-refractivity contribution in [1.82, 2.24) is 0 Å². The number of aliphatic carboxylic acids is 1. The highest BCUT2D eigenvalue weighted by atomic mass is 16.4. The molecule has 0 radical (unpaired) electrons. The maximum absolute atomic E-state index is 12.5. The predicted molar refractivity (Wildman–Crippen MR) is 93.7 cm³/mol. The van der Waals surface area contributed by atoms with E-state index in [2.05, 4.69) is 0 Å². The molecule has 3 N–H and O–H groups in total. The fraction of sp³-hybridized carbons (Fsp3) is 0.600. The number of allylic oxidation sites excluding steroid dienone is 1. The van der Waals surface area contributed by atoms with E-state index in [-0.39, 0.29) is 18.1 Å². The molecule has 6 nitrogen and oxygen atoms in total. The lowest BCUT2D eigenvalue weighted by Crippen LogP contribution is -2.49. The average molecular weight is 362 g/mol. The molecule has 1 heterocycles. The Kier molecular flexibility index (Phi) is 5.08. The molecule has 0 amide bonds. The van der Waals surface area contributed by atoms with E-state index in [4.69, 9.17) is 4.42 Å². The SMILES string of the molecule is Cc1occc1C(=O)CC[C@@H]1[C@H](C(=O)O)CC=C2C[C@@H](O)[C@H](O)C[C@@]21C. The maximum atomic E-state index is 12.5. The summed E-state index contributed by atoms with van der Waals surface area (Å²) in [7, 11) is 0. The number of hydrogen-bond donors (Lipinski definition) is 3. The van der Waals surface area contributed by atoms with Crippen LogP contribution in [0.1, 0.15) is 55.1 Å². The van der Waals surface area contributed by atoms with Crippen LogP contribution >= 0.6 is 0 Å². The Morgan fingerprint density at radius 3 is 2.65 bits per heavy atom. The van der Waals surface area contributed by atoms with E-state index >= 15 is 0 Å². The van der Waals surface area contributed by atoms with Gasteiger partial charge in [-0.15, -0.1) is 0 Å². The molecule has 26 heavy (non-hydrogen) atoms. The third-order valence-corrected chi connectivity index (χ3v) is 6.32. The Hall–Kier alpha value is -1.92. The number of furan rings is 1. The molecule has 0 aliphatic heterocycles. The molecule has 0 saturated heterocycles. The molecule has 2 aliphatic carbocycles. The summed E-state index contributed by atoms with van der Waals surface area (Å²) in [6.07, 6.45) is 3.42. The second-order valence-electron chi connectivity index (χ2n) is 7.83. The van der Waals surface area contributed by atoms with Crippen molar-refractivity contribution >= 4 is 11.8 Å². The van der Waals surface area contributed by atoms with Crippen LogP contribution in [0.25, 0.3) is 0 Å². The molecule has 1 aromatic rings. The highest BCUT2D eigenvalue weighted by molar-refractivity contribution is 5.96. The number of rotatable bonds is 5. The van der Waals surface area contributed by atoms with Crippen LogP contribution in [0.2, 0.25) is 0 Å². The van der Waals surface area contributed by atoms with E-state index in [1.165, 1.54) is 6.26 Å². The van der Waals surface area contributed by atoms with Crippen LogP contribution in [0.3, 0.4) is 0 Å². The van der Waals surface area contributed by atoms with Crippen molar-refractivity contribution in [3.8, 4) is 0 Å². The molecule has 3 rings (SSSR count). The second kappa shape index (κ2) is 7.00. The lowest BCUT2D eigenvalue weighted by atomic mass is 9.55. The maximum Gasteiger partial charge on any atom is 0.307 e. The smallest absolute Gasteiger partial charge is 0.307 e. The van der Waals surface area contributed by atoms with Gasteiger partial charge in [0.25, 0.3) is 0 Å². The molecule has 2 aliphatic rings. The van der Waals surface area contributed by atoms with Gasteiger partial charge in [-0.25, -0.2) is 0 Å². The second-order valence-corrected chi connectivity index (χ2v) is 7.83. The zero-order valence-electron chi connectivity index (χ0n) is 15.1. The van der Waals surface area contributed by atoms with Crippen LogP contribution in [0.4, 0.5) is 0 Å². The van der Waals surface area contributed by atoms with E-state index in [9.17, 15) is 24.9 Å². The molecule has 1 saturated carbocycles. The summed E-state index contributed by atoms with van der Waals surface area (Å²) >= 11 is 0. The van der Waals surface area contributed by atoms with Crippen molar-refractivity contribution in [2.75, 3.05) is 0 Å². The van der Waals surface area contributed by atoms with E-state index in [1.54, 1.807) is 13.0 Å². The van der Waals surface area contributed by atoms with E-state index in [0.717, 1.165) is 5.57 Å². The number of carbonyl (C=O) groups excluding carboxylic acids is 1. The predicted octanol–water partition coefficient (Wildman–Crippen LogP) is 2.72. The first kappa shape index (κ1) is 18.9. The molecular formula is C20H26O6. The molecule has 1 aromatic heterocycles. The summed E-state index contributed by atoms with van der Waals surface area (Å²) in [5, 5.41) is 29.9. The van der Waals surface area contributed by atoms with E-state index in [0.29, 0.717) is 37.0 Å². The summed E-state index contributed by atoms with van der Waals surface area (Å²) in [6.45, 7) is 3.69. The molecule has 0 unspecified atom stereocenters. The summed E-state index contributed by atoms with van der Waals surface area (Å²) in [4.78, 5) is 24.3. The number of ketones is 1. The van der Waals surface area contributed by atoms with Gasteiger partial charge in [0.05, 0.1) is 30.0 Å². The highest BCUT2D eigenvalue weighted by Gasteiger charge is 2.50. The van der Waals surface area contributed by atoms with Crippen molar-refractivity contribution in [2.24, 2.45) is 17.3 Å². The Labute approximate surface area is 152 Å². The lowest BCUT2D eigenvalue weighted by Gasteiger charge is -2.50. The van der Waals surface area contributed by atoms with Gasteiger partial charge in [0.1, 0.15) is 5.76 Å². The number of aliphatic hydroxyl groups excluding tert-OH is 2. The van der Waals surface area contributed by atoms with Gasteiger partial charge in [0.15, 0.2) is 5.78 Å². The van der Waals surface area contributed by atoms with Crippen LogP contribution in [0, 0.1) is 24.2 Å². The number of carbonyl (C=O) groups is 2. The third kappa shape index (κ3) is 3.23. The molecular weight excluding hydrogens is 336 g/mol. The number of hydrogen-bond acceptors (Lipinski definition) is 5. The number of carboxylic acids is 1. The molecule has 0 aromatic carbocycles. The van der Waals surface area contributed by atoms with Crippen molar-refractivity contribution in [1.29, 1.82) is 0 Å². The van der Waals surface area contributed by atoms with Gasteiger partial charge in [0, 0.05) is 6.42 Å². The number of aliphatic hydroxyl groups is 2. The highest BCUT2D eigenvalue weighted by Crippen LogP contribution is 2.54. The first-order valence-corrected chi connectivity index (χ1v) is 9.09. The zero-order valence-corrected chi connectivity index (χ0v) is 15.1. The number of Topliss-reactive ketones (excluding diaryl/α,β-unsaturated/α-hetero) is 1. The molecule has 5 atom stereocenters. The normalized spacial score (nSPS) is 34.1. The monoisotopic (exact) mass is 362 g/mol. The van der Waals surface area contributed by atoms with Crippen LogP contribution in [-0.2, 0) is 4.79 Å². The van der Waals surface area contributed by atoms with Gasteiger partial charge in [-0.05, 0) is 50.0 Å². The third-order valence-electron chi connectivity index (χ3n) is 6.32. The number of fused-ring (bicyclic) bond motifs is 1. The van der Waals surface area contributed by atoms with Crippen LogP contribution in [0.15, 0.2) is 28.4 Å². The van der Waals surface area contributed by atoms with Gasteiger partial charge < -0.3 is 19.7 Å². The first-order valence-electron chi connectivity index (χ1n) is 9.09. The quantitative estimate of drug-likeness (QED) is 0.549. The fourth-order valence-electron chi connectivity index (χ4n) is 4.77. The Bertz CT molecular complexity index is 732. The summed E-state index contributed by atoms with van der Waals surface area (Å²) in [5.41, 5.74) is 1.02. The molecule has 1 fully saturated rings. The Morgan fingerprint density at radius 1 is 1.31 bits per heavy atom. The summed E-state index contributed by atoms with van der Waals surface area (Å²) in [6, 6.07) is 1.64. The molecule has 0 bridgehead atoms. The Balaban J connectivity index is 1.83. The van der Waals surface area contributed by atoms with Gasteiger partial charge in [0.2, 0.25) is 0 Å². The van der Waals surface area contributed by atoms with Crippen molar-refractivity contribution < 1.29 is 29.3 Å². The zero-order chi connectivity index (χ0) is 19.1. The van der Waals surface area contributed by atoms with Crippen molar-refractivity contribution in [2.45, 2.75) is 58.2 Å². The van der Waals surface area contributed by atoms with Crippen LogP contribution < -0.4 is 0 Å². The standard InChI is InChI=1S/C20H26O6/c1-11-13(7-8-26-11)16(21)6-5-15-14(19(24)25)4-3-12-9-17(22)18(23)10-20(12,15)2/h3,7-8,14-15,17-18,22-23H,4-6,9-10H2,1-2H3,(H,24,25)/t14-,15-,17-,18-,20+/m1/s1. The molecule has 6 heteroatoms. The molecule has 0 spiro atoms. The van der Waals surface area contributed by atoms with Crippen molar-refractivity contribution in [3.63, 3.8) is 0 Å². The lowest BCUT2D eigenvalue weighted by molar-refractivity contribution is -0.147. The van der Waals surface area contributed by atoms with Crippen LogP contribution in [0.5, 0.6) is 0 Å². The minimum absolute atomic E-state index is 0.0588. The van der Waals surface area contributed by atoms with Gasteiger partial charge in [-0.3, -0.25) is 9.59 Å². The summed E-state index contributed by atoms with van der Waals surface area (Å²) < 4.78 is 5.18. The molecule has 142 valence electrons. The van der Waals surface area contributed by atoms with Gasteiger partial charge in [-0.1, -0.05) is 18.6 Å². The van der Waals surface area contributed by atoms with Crippen LogP contribution in [-0.4, -0.2) is 39.3 Å². The fourth-order valence-corrected chi connectivity index (χ4v) is 4.77. The largest absolute Gasteiger partial charge is 0.481 e. The number of carboxylic acid groups (broad SMARTS) is 1. The Morgan fingerprint density at radius 2 is 2.04 bits per heavy atom. The van der Waals surface area contributed by atoms with Crippen molar-refractivity contribution in [3.05, 3.63) is 35.3 Å². The average Bonchev–Trinajstić information content (AvgIpc) is 3.00. The van der Waals surface area contributed by atoms with E-state index in [1.807, 2.05) is 13.0 Å². The first-order chi connectivity index (χ1) is 12.2. The topological polar surface area (TPSA) is 108 Å². The van der Waals surface area contributed by atoms with Gasteiger partial charge >= 0.3 is 5.97 Å². The minimum atomic E-state index is -0.876.